The van der Waals surface area contributed by atoms with Crippen molar-refractivity contribution in [3.8, 4) is 5.75 Å². The number of carbonyl (C=O) groups is 2. The SMILES string of the molecule is CCOc1ccc(S(=O)(=O)N(CC(=O)N(Cc2ccc(Cl)cc2Cl)[C@@H](C)C(=O)NC(C)(C)C)c2ccccc2)cc1. The first-order chi connectivity index (χ1) is 19.2. The fraction of sp³-hybridized carbons (Fsp3) is 0.333. The summed E-state index contributed by atoms with van der Waals surface area (Å²) in [5.41, 5.74) is 0.303. The van der Waals surface area contributed by atoms with Crippen molar-refractivity contribution in [3.63, 3.8) is 0 Å². The standard InChI is InChI=1S/C30H35Cl2N3O5S/c1-6-40-25-14-16-26(17-15-25)41(38,39)35(24-10-8-7-9-11-24)20-28(36)34(21(2)29(37)33-30(3,4)5)19-22-12-13-23(31)18-27(22)32/h7-18,21H,6,19-20H2,1-5H3,(H,33,37)/t21-/m0/s1. The number of para-hydroxylation sites is 1. The molecule has 8 nitrogen and oxygen atoms in total. The summed E-state index contributed by atoms with van der Waals surface area (Å²) in [4.78, 5) is 28.5. The minimum absolute atomic E-state index is 0.0107. The molecule has 41 heavy (non-hydrogen) atoms. The third-order valence-corrected chi connectivity index (χ3v) is 8.44. The van der Waals surface area contributed by atoms with Crippen molar-refractivity contribution >= 4 is 50.7 Å². The van der Waals surface area contributed by atoms with E-state index in [2.05, 4.69) is 5.32 Å². The monoisotopic (exact) mass is 619 g/mol. The number of amides is 2. The van der Waals surface area contributed by atoms with Crippen LogP contribution >= 0.6 is 23.2 Å². The maximum atomic E-state index is 14.0. The molecule has 0 aromatic heterocycles. The van der Waals surface area contributed by atoms with Crippen molar-refractivity contribution in [1.82, 2.24) is 10.2 Å². The highest BCUT2D eigenvalue weighted by molar-refractivity contribution is 7.92. The predicted octanol–water partition coefficient (Wildman–Crippen LogP) is 5.92. The molecule has 0 aliphatic carbocycles. The maximum Gasteiger partial charge on any atom is 0.264 e. The average Bonchev–Trinajstić information content (AvgIpc) is 2.91. The molecule has 0 unspecified atom stereocenters. The third-order valence-electron chi connectivity index (χ3n) is 6.07. The molecule has 2 amide bonds. The van der Waals surface area contributed by atoms with Crippen molar-refractivity contribution in [3.05, 3.63) is 88.4 Å². The summed E-state index contributed by atoms with van der Waals surface area (Å²) >= 11 is 12.5. The Morgan fingerprint density at radius 2 is 1.61 bits per heavy atom. The molecule has 1 atom stereocenters. The van der Waals surface area contributed by atoms with E-state index in [1.54, 1.807) is 67.6 Å². The first-order valence-corrected chi connectivity index (χ1v) is 15.3. The highest BCUT2D eigenvalue weighted by Crippen LogP contribution is 2.27. The highest BCUT2D eigenvalue weighted by Gasteiger charge is 2.33. The number of halogens is 2. The summed E-state index contributed by atoms with van der Waals surface area (Å²) in [5.74, 6) is -0.457. The number of benzene rings is 3. The lowest BCUT2D eigenvalue weighted by Gasteiger charge is -2.33. The van der Waals surface area contributed by atoms with Gasteiger partial charge in [0.15, 0.2) is 0 Å². The number of hydrogen-bond donors (Lipinski definition) is 1. The quantitative estimate of drug-likeness (QED) is 0.287. The van der Waals surface area contributed by atoms with E-state index < -0.39 is 40.0 Å². The normalized spacial score (nSPS) is 12.4. The Morgan fingerprint density at radius 3 is 2.17 bits per heavy atom. The molecule has 220 valence electrons. The molecule has 3 rings (SSSR count). The minimum atomic E-state index is -4.19. The number of hydrogen-bond acceptors (Lipinski definition) is 5. The van der Waals surface area contributed by atoms with Gasteiger partial charge in [-0.25, -0.2) is 8.42 Å². The molecule has 0 aliphatic rings. The van der Waals surface area contributed by atoms with E-state index >= 15 is 0 Å². The molecular formula is C30H35Cl2N3O5S. The number of nitrogens with zero attached hydrogens (tertiary/aromatic N) is 2. The van der Waals surface area contributed by atoms with E-state index in [9.17, 15) is 18.0 Å². The zero-order valence-electron chi connectivity index (χ0n) is 23.7. The lowest BCUT2D eigenvalue weighted by Crippen LogP contribution is -2.54. The summed E-state index contributed by atoms with van der Waals surface area (Å²) in [6, 6.07) is 18.2. The van der Waals surface area contributed by atoms with Crippen LogP contribution < -0.4 is 14.4 Å². The lowest BCUT2D eigenvalue weighted by atomic mass is 10.1. The van der Waals surface area contributed by atoms with Gasteiger partial charge in [0.05, 0.1) is 17.2 Å². The molecule has 0 saturated carbocycles. The third kappa shape index (κ3) is 8.61. The van der Waals surface area contributed by atoms with Crippen molar-refractivity contribution in [1.29, 1.82) is 0 Å². The second-order valence-electron chi connectivity index (χ2n) is 10.4. The maximum absolute atomic E-state index is 14.0. The molecule has 0 saturated heterocycles. The van der Waals surface area contributed by atoms with Crippen LogP contribution in [0.5, 0.6) is 5.75 Å². The molecule has 0 radical (unpaired) electrons. The number of ether oxygens (including phenoxy) is 1. The summed E-state index contributed by atoms with van der Waals surface area (Å²) in [5, 5.41) is 3.63. The van der Waals surface area contributed by atoms with Crippen LogP contribution in [-0.4, -0.2) is 49.9 Å². The van der Waals surface area contributed by atoms with Gasteiger partial charge < -0.3 is 15.0 Å². The molecule has 0 aliphatic heterocycles. The molecule has 0 heterocycles. The van der Waals surface area contributed by atoms with E-state index in [0.29, 0.717) is 33.7 Å². The first-order valence-electron chi connectivity index (χ1n) is 13.1. The van der Waals surface area contributed by atoms with Gasteiger partial charge in [0.25, 0.3) is 10.0 Å². The predicted molar refractivity (Wildman–Crippen MR) is 163 cm³/mol. The smallest absolute Gasteiger partial charge is 0.264 e. The van der Waals surface area contributed by atoms with Crippen molar-refractivity contribution in [2.24, 2.45) is 0 Å². The molecule has 0 fully saturated rings. The Morgan fingerprint density at radius 1 is 0.976 bits per heavy atom. The Bertz CT molecular complexity index is 1460. The topological polar surface area (TPSA) is 96.0 Å². The van der Waals surface area contributed by atoms with Gasteiger partial charge in [0, 0.05) is 22.1 Å². The van der Waals surface area contributed by atoms with Gasteiger partial charge in [0.1, 0.15) is 18.3 Å². The van der Waals surface area contributed by atoms with Crippen LogP contribution in [0.4, 0.5) is 5.69 Å². The highest BCUT2D eigenvalue weighted by atomic mass is 35.5. The molecule has 11 heteroatoms. The Balaban J connectivity index is 2.02. The molecule has 1 N–H and O–H groups in total. The van der Waals surface area contributed by atoms with Crippen LogP contribution in [0.15, 0.2) is 77.7 Å². The minimum Gasteiger partial charge on any atom is -0.494 e. The lowest BCUT2D eigenvalue weighted by molar-refractivity contribution is -0.140. The van der Waals surface area contributed by atoms with Gasteiger partial charge in [-0.2, -0.15) is 0 Å². The molecule has 0 spiro atoms. The zero-order chi connectivity index (χ0) is 30.4. The Hall–Kier alpha value is -3.27. The first kappa shape index (κ1) is 32.2. The van der Waals surface area contributed by atoms with Crippen LogP contribution in [0.1, 0.15) is 40.2 Å². The Labute approximate surface area is 252 Å². The fourth-order valence-electron chi connectivity index (χ4n) is 4.01. The van der Waals surface area contributed by atoms with E-state index in [0.717, 1.165) is 4.31 Å². The second-order valence-corrected chi connectivity index (χ2v) is 13.1. The van der Waals surface area contributed by atoms with Crippen LogP contribution in [0.3, 0.4) is 0 Å². The fourth-order valence-corrected chi connectivity index (χ4v) is 5.90. The summed E-state index contributed by atoms with van der Waals surface area (Å²) in [6.45, 7) is 8.76. The van der Waals surface area contributed by atoms with Gasteiger partial charge >= 0.3 is 0 Å². The van der Waals surface area contributed by atoms with Gasteiger partial charge in [-0.05, 0) is 88.7 Å². The van der Waals surface area contributed by atoms with Gasteiger partial charge in [-0.3, -0.25) is 13.9 Å². The zero-order valence-corrected chi connectivity index (χ0v) is 26.1. The second kappa shape index (κ2) is 13.6. The van der Waals surface area contributed by atoms with Crippen molar-refractivity contribution in [2.45, 2.75) is 57.6 Å². The van der Waals surface area contributed by atoms with E-state index in [-0.39, 0.29) is 11.4 Å². The van der Waals surface area contributed by atoms with Gasteiger partial charge in [-0.1, -0.05) is 47.5 Å². The van der Waals surface area contributed by atoms with E-state index in [4.69, 9.17) is 27.9 Å². The van der Waals surface area contributed by atoms with E-state index in [1.807, 2.05) is 27.7 Å². The molecule has 3 aromatic rings. The largest absolute Gasteiger partial charge is 0.494 e. The van der Waals surface area contributed by atoms with Crippen LogP contribution in [0, 0.1) is 0 Å². The summed E-state index contributed by atoms with van der Waals surface area (Å²) in [6.07, 6.45) is 0. The van der Waals surface area contributed by atoms with E-state index in [1.165, 1.54) is 17.0 Å². The number of sulfonamides is 1. The average molecular weight is 621 g/mol. The Kier molecular flexibility index (Phi) is 10.7. The van der Waals surface area contributed by atoms with Crippen LogP contribution in [0.2, 0.25) is 10.0 Å². The van der Waals surface area contributed by atoms with Crippen molar-refractivity contribution < 1.29 is 22.7 Å². The summed E-state index contributed by atoms with van der Waals surface area (Å²) < 4.78 is 34.3. The molecular weight excluding hydrogens is 585 g/mol. The number of rotatable bonds is 11. The molecule has 0 bridgehead atoms. The van der Waals surface area contributed by atoms with Crippen LogP contribution in [-0.2, 0) is 26.2 Å². The summed E-state index contributed by atoms with van der Waals surface area (Å²) in [7, 11) is -4.19. The number of nitrogens with one attached hydrogen (secondary N) is 1. The van der Waals surface area contributed by atoms with Crippen LogP contribution in [0.25, 0.3) is 0 Å². The number of anilines is 1. The van der Waals surface area contributed by atoms with Gasteiger partial charge in [-0.15, -0.1) is 0 Å². The van der Waals surface area contributed by atoms with Crippen molar-refractivity contribution in [2.75, 3.05) is 17.5 Å². The number of carbonyl (C=O) groups excluding carboxylic acids is 2. The van der Waals surface area contributed by atoms with Gasteiger partial charge in [0.2, 0.25) is 11.8 Å². The molecule has 3 aromatic carbocycles.